The second-order valence-electron chi connectivity index (χ2n) is 5.53. The number of aryl methyl sites for hydroxylation is 2. The summed E-state index contributed by atoms with van der Waals surface area (Å²) in [6.07, 6.45) is 6.18. The Morgan fingerprint density at radius 3 is 3.05 bits per heavy atom. The Labute approximate surface area is 134 Å². The molecule has 1 heterocycles. The van der Waals surface area contributed by atoms with Crippen LogP contribution in [0.4, 0.5) is 5.13 Å². The first-order valence-corrected chi connectivity index (χ1v) is 8.47. The smallest absolute Gasteiger partial charge is 0.230 e. The summed E-state index contributed by atoms with van der Waals surface area (Å²) in [5.74, 6) is 0.739. The van der Waals surface area contributed by atoms with Crippen LogP contribution in [0, 0.1) is 0 Å². The Hall–Kier alpha value is -1.88. The number of methoxy groups -OCH3 is 1. The van der Waals surface area contributed by atoms with Crippen molar-refractivity contribution in [1.29, 1.82) is 0 Å². The van der Waals surface area contributed by atoms with Gasteiger partial charge < -0.3 is 10.1 Å². The van der Waals surface area contributed by atoms with E-state index >= 15 is 0 Å². The third-order valence-electron chi connectivity index (χ3n) is 3.84. The molecule has 4 nitrogen and oxygen atoms in total. The van der Waals surface area contributed by atoms with E-state index in [9.17, 15) is 4.79 Å². The molecule has 0 unspecified atom stereocenters. The fraction of sp³-hybridized carbons (Fsp3) is 0.412. The summed E-state index contributed by atoms with van der Waals surface area (Å²) in [6, 6.07) is 7.59. The van der Waals surface area contributed by atoms with Crippen molar-refractivity contribution >= 4 is 22.4 Å². The monoisotopic (exact) mass is 316 g/mol. The first kappa shape index (κ1) is 15.0. The number of amides is 1. The molecular weight excluding hydrogens is 296 g/mol. The van der Waals surface area contributed by atoms with Gasteiger partial charge in [0.25, 0.3) is 0 Å². The molecule has 0 saturated heterocycles. The van der Waals surface area contributed by atoms with Gasteiger partial charge >= 0.3 is 0 Å². The molecule has 1 aromatic carbocycles. The van der Waals surface area contributed by atoms with Crippen LogP contribution in [0.25, 0.3) is 0 Å². The number of hydrogen-bond acceptors (Lipinski definition) is 4. The lowest BCUT2D eigenvalue weighted by Crippen LogP contribution is -2.14. The van der Waals surface area contributed by atoms with Crippen LogP contribution in [-0.2, 0) is 24.1 Å². The number of aromatic nitrogens is 1. The summed E-state index contributed by atoms with van der Waals surface area (Å²) in [7, 11) is 1.63. The summed E-state index contributed by atoms with van der Waals surface area (Å²) in [4.78, 5) is 18.1. The van der Waals surface area contributed by atoms with Gasteiger partial charge in [-0.3, -0.25) is 4.79 Å². The minimum atomic E-state index is -0.0304. The molecule has 1 amide bonds. The molecule has 0 aliphatic heterocycles. The predicted octanol–water partition coefficient (Wildman–Crippen LogP) is 3.60. The van der Waals surface area contributed by atoms with Crippen molar-refractivity contribution in [2.24, 2.45) is 0 Å². The van der Waals surface area contributed by atoms with Gasteiger partial charge in [-0.25, -0.2) is 4.98 Å². The molecule has 0 bridgehead atoms. The molecule has 22 heavy (non-hydrogen) atoms. The van der Waals surface area contributed by atoms with Gasteiger partial charge in [0.15, 0.2) is 5.13 Å². The first-order chi connectivity index (χ1) is 10.7. The molecule has 0 atom stereocenters. The van der Waals surface area contributed by atoms with Gasteiger partial charge in [0.1, 0.15) is 5.75 Å². The SMILES string of the molecule is COc1cccc(CC(=O)Nc2nc3c(s2)CCCCC3)c1. The quantitative estimate of drug-likeness (QED) is 0.877. The molecule has 3 rings (SSSR count). The highest BCUT2D eigenvalue weighted by Crippen LogP contribution is 2.29. The molecule has 0 spiro atoms. The minimum absolute atomic E-state index is 0.0304. The van der Waals surface area contributed by atoms with E-state index in [0.717, 1.165) is 29.3 Å². The largest absolute Gasteiger partial charge is 0.497 e. The van der Waals surface area contributed by atoms with Crippen LogP contribution < -0.4 is 10.1 Å². The van der Waals surface area contributed by atoms with E-state index in [4.69, 9.17) is 4.74 Å². The number of benzene rings is 1. The highest BCUT2D eigenvalue weighted by molar-refractivity contribution is 7.15. The predicted molar refractivity (Wildman–Crippen MR) is 88.7 cm³/mol. The van der Waals surface area contributed by atoms with E-state index in [1.54, 1.807) is 18.4 Å². The van der Waals surface area contributed by atoms with Crippen molar-refractivity contribution in [3.8, 4) is 5.75 Å². The van der Waals surface area contributed by atoms with Gasteiger partial charge in [-0.05, 0) is 43.4 Å². The van der Waals surface area contributed by atoms with Crippen LogP contribution >= 0.6 is 11.3 Å². The maximum atomic E-state index is 12.2. The summed E-state index contributed by atoms with van der Waals surface area (Å²) >= 11 is 1.63. The van der Waals surface area contributed by atoms with Crippen LogP contribution in [0.1, 0.15) is 35.4 Å². The Bertz CT molecular complexity index is 643. The first-order valence-electron chi connectivity index (χ1n) is 7.66. The number of rotatable bonds is 4. The van der Waals surface area contributed by atoms with Crippen LogP contribution in [0.5, 0.6) is 5.75 Å². The van der Waals surface area contributed by atoms with Gasteiger partial charge in [-0.1, -0.05) is 18.6 Å². The lowest BCUT2D eigenvalue weighted by molar-refractivity contribution is -0.115. The molecule has 1 aromatic heterocycles. The summed E-state index contributed by atoms with van der Waals surface area (Å²) in [6.45, 7) is 0. The Morgan fingerprint density at radius 2 is 2.18 bits per heavy atom. The number of anilines is 1. The molecule has 1 aliphatic rings. The number of carbonyl (C=O) groups excluding carboxylic acids is 1. The van der Waals surface area contributed by atoms with E-state index < -0.39 is 0 Å². The van der Waals surface area contributed by atoms with Crippen molar-refractivity contribution in [1.82, 2.24) is 4.98 Å². The second-order valence-corrected chi connectivity index (χ2v) is 6.61. The zero-order valence-corrected chi connectivity index (χ0v) is 13.5. The summed E-state index contributed by atoms with van der Waals surface area (Å²) < 4.78 is 5.18. The number of nitrogens with zero attached hydrogens (tertiary/aromatic N) is 1. The Balaban J connectivity index is 1.64. The third-order valence-corrected chi connectivity index (χ3v) is 4.91. The van der Waals surface area contributed by atoms with Crippen LogP contribution in [0.3, 0.4) is 0 Å². The van der Waals surface area contributed by atoms with Gasteiger partial charge in [-0.2, -0.15) is 0 Å². The highest BCUT2D eigenvalue weighted by Gasteiger charge is 2.15. The fourth-order valence-corrected chi connectivity index (χ4v) is 3.78. The normalized spacial score (nSPS) is 14.0. The number of nitrogens with one attached hydrogen (secondary N) is 1. The molecule has 0 radical (unpaired) electrons. The van der Waals surface area contributed by atoms with Crippen LogP contribution in [0.2, 0.25) is 0 Å². The molecule has 0 saturated carbocycles. The number of fused-ring (bicyclic) bond motifs is 1. The summed E-state index contributed by atoms with van der Waals surface area (Å²) in [5, 5.41) is 3.67. The molecule has 116 valence electrons. The molecule has 2 aromatic rings. The topological polar surface area (TPSA) is 51.2 Å². The molecule has 5 heteroatoms. The van der Waals surface area contributed by atoms with E-state index in [1.807, 2.05) is 24.3 Å². The number of ether oxygens (including phenoxy) is 1. The van der Waals surface area contributed by atoms with Gasteiger partial charge in [0.2, 0.25) is 5.91 Å². The lowest BCUT2D eigenvalue weighted by Gasteiger charge is -2.04. The molecule has 0 fully saturated rings. The van der Waals surface area contributed by atoms with Gasteiger partial charge in [0, 0.05) is 4.88 Å². The van der Waals surface area contributed by atoms with Crippen molar-refractivity contribution < 1.29 is 9.53 Å². The van der Waals surface area contributed by atoms with Crippen molar-refractivity contribution in [3.05, 3.63) is 40.4 Å². The van der Waals surface area contributed by atoms with Crippen molar-refractivity contribution in [2.45, 2.75) is 38.5 Å². The standard InChI is InChI=1S/C17H20N2O2S/c1-21-13-7-5-6-12(10-13)11-16(20)19-17-18-14-8-3-2-4-9-15(14)22-17/h5-7,10H,2-4,8-9,11H2,1H3,(H,18,19,20). The average molecular weight is 316 g/mol. The number of hydrogen-bond donors (Lipinski definition) is 1. The molecule has 1 aliphatic carbocycles. The molecule has 1 N–H and O–H groups in total. The molecular formula is C17H20N2O2S. The van der Waals surface area contributed by atoms with E-state index in [1.165, 1.54) is 29.8 Å². The van der Waals surface area contributed by atoms with E-state index in [0.29, 0.717) is 6.42 Å². The minimum Gasteiger partial charge on any atom is -0.497 e. The highest BCUT2D eigenvalue weighted by atomic mass is 32.1. The Morgan fingerprint density at radius 1 is 1.32 bits per heavy atom. The van der Waals surface area contributed by atoms with E-state index in [-0.39, 0.29) is 5.91 Å². The van der Waals surface area contributed by atoms with Crippen LogP contribution in [-0.4, -0.2) is 18.0 Å². The fourth-order valence-electron chi connectivity index (χ4n) is 2.71. The number of carbonyl (C=O) groups is 1. The van der Waals surface area contributed by atoms with E-state index in [2.05, 4.69) is 10.3 Å². The number of thiazole rings is 1. The van der Waals surface area contributed by atoms with Gasteiger partial charge in [-0.15, -0.1) is 11.3 Å². The maximum Gasteiger partial charge on any atom is 0.230 e. The Kier molecular flexibility index (Phi) is 4.73. The zero-order chi connectivity index (χ0) is 15.4. The van der Waals surface area contributed by atoms with Crippen molar-refractivity contribution in [2.75, 3.05) is 12.4 Å². The lowest BCUT2D eigenvalue weighted by atomic mass is 10.1. The third kappa shape index (κ3) is 3.65. The van der Waals surface area contributed by atoms with Gasteiger partial charge in [0.05, 0.1) is 19.2 Å². The second kappa shape index (κ2) is 6.92. The van der Waals surface area contributed by atoms with Crippen molar-refractivity contribution in [3.63, 3.8) is 0 Å². The maximum absolute atomic E-state index is 12.2. The van der Waals surface area contributed by atoms with Crippen LogP contribution in [0.15, 0.2) is 24.3 Å². The summed E-state index contributed by atoms with van der Waals surface area (Å²) in [5.41, 5.74) is 2.12. The average Bonchev–Trinajstić information content (AvgIpc) is 2.75. The zero-order valence-electron chi connectivity index (χ0n) is 12.7.